The van der Waals surface area contributed by atoms with Gasteiger partial charge in [0.25, 0.3) is 0 Å². The maximum atomic E-state index is 12.4. The van der Waals surface area contributed by atoms with Crippen LogP contribution in [0.3, 0.4) is 0 Å². The fourth-order valence-corrected chi connectivity index (χ4v) is 3.41. The summed E-state index contributed by atoms with van der Waals surface area (Å²) < 4.78 is 11.8. The van der Waals surface area contributed by atoms with E-state index in [-0.39, 0.29) is 12.1 Å². The van der Waals surface area contributed by atoms with E-state index in [0.717, 1.165) is 35.5 Å². The molecular weight excluding hydrogens is 324 g/mol. The molecule has 0 unspecified atom stereocenters. The molecule has 0 radical (unpaired) electrons. The smallest absolute Gasteiger partial charge is 0.306 e. The van der Waals surface area contributed by atoms with Gasteiger partial charge in [0.15, 0.2) is 6.10 Å². The normalized spacial score (nSPS) is 12.8. The lowest BCUT2D eigenvalue weighted by Crippen LogP contribution is -2.17. The standard InChI is InChI=1S/C23H28O3/c1-2-3-4-5-6-7-8-17-22(24)26-23-18-13-9-11-15-20(18)25-21-16-12-10-14-19(21)23/h9-16,23H,2-8,17H2,1H3. The van der Waals surface area contributed by atoms with Gasteiger partial charge in [0.2, 0.25) is 0 Å². The molecule has 0 amide bonds. The molecule has 0 atom stereocenters. The average Bonchev–Trinajstić information content (AvgIpc) is 2.67. The van der Waals surface area contributed by atoms with Gasteiger partial charge < -0.3 is 9.47 Å². The highest BCUT2D eigenvalue weighted by molar-refractivity contribution is 5.70. The molecule has 2 aromatic carbocycles. The van der Waals surface area contributed by atoms with Crippen LogP contribution in [-0.4, -0.2) is 5.97 Å². The summed E-state index contributed by atoms with van der Waals surface area (Å²) in [6.07, 6.45) is 8.45. The van der Waals surface area contributed by atoms with Crippen LogP contribution in [0.1, 0.15) is 75.5 Å². The van der Waals surface area contributed by atoms with Crippen LogP contribution in [0.25, 0.3) is 0 Å². The summed E-state index contributed by atoms with van der Waals surface area (Å²) in [4.78, 5) is 12.4. The number of benzene rings is 2. The third-order valence-electron chi connectivity index (χ3n) is 4.86. The van der Waals surface area contributed by atoms with E-state index in [4.69, 9.17) is 9.47 Å². The molecule has 3 nitrogen and oxygen atoms in total. The third kappa shape index (κ3) is 4.66. The monoisotopic (exact) mass is 352 g/mol. The first-order valence-electron chi connectivity index (χ1n) is 9.84. The number of carbonyl (C=O) groups excluding carboxylic acids is 1. The minimum absolute atomic E-state index is 0.130. The molecule has 0 spiro atoms. The molecule has 26 heavy (non-hydrogen) atoms. The quantitative estimate of drug-likeness (QED) is 0.378. The predicted molar refractivity (Wildman–Crippen MR) is 104 cm³/mol. The molecule has 0 fully saturated rings. The molecule has 3 rings (SSSR count). The Morgan fingerprint density at radius 1 is 0.846 bits per heavy atom. The Morgan fingerprint density at radius 3 is 2.00 bits per heavy atom. The Bertz CT molecular complexity index is 677. The molecule has 0 bridgehead atoms. The Kier molecular flexibility index (Phi) is 6.70. The molecule has 0 saturated heterocycles. The zero-order valence-electron chi connectivity index (χ0n) is 15.6. The number of esters is 1. The van der Waals surface area contributed by atoms with E-state index in [0.29, 0.717) is 6.42 Å². The summed E-state index contributed by atoms with van der Waals surface area (Å²) in [5.74, 6) is 1.40. The zero-order valence-corrected chi connectivity index (χ0v) is 15.6. The summed E-state index contributed by atoms with van der Waals surface area (Å²) in [5, 5.41) is 0. The van der Waals surface area contributed by atoms with Crippen LogP contribution >= 0.6 is 0 Å². The van der Waals surface area contributed by atoms with Crippen molar-refractivity contribution in [3.05, 3.63) is 59.7 Å². The van der Waals surface area contributed by atoms with Gasteiger partial charge in [-0.05, 0) is 18.6 Å². The molecule has 0 aromatic heterocycles. The minimum Gasteiger partial charge on any atom is -0.456 e. The van der Waals surface area contributed by atoms with Crippen molar-refractivity contribution in [2.24, 2.45) is 0 Å². The van der Waals surface area contributed by atoms with E-state index >= 15 is 0 Å². The van der Waals surface area contributed by atoms with E-state index in [9.17, 15) is 4.79 Å². The van der Waals surface area contributed by atoms with E-state index in [1.165, 1.54) is 32.1 Å². The summed E-state index contributed by atoms with van der Waals surface area (Å²) >= 11 is 0. The molecule has 0 N–H and O–H groups in total. The van der Waals surface area contributed by atoms with Gasteiger partial charge in [-0.15, -0.1) is 0 Å². The zero-order chi connectivity index (χ0) is 18.2. The van der Waals surface area contributed by atoms with Crippen molar-refractivity contribution >= 4 is 5.97 Å². The number of para-hydroxylation sites is 2. The predicted octanol–water partition coefficient (Wildman–Crippen LogP) is 6.57. The van der Waals surface area contributed by atoms with Crippen molar-refractivity contribution in [3.63, 3.8) is 0 Å². The lowest BCUT2D eigenvalue weighted by Gasteiger charge is -2.27. The summed E-state index contributed by atoms with van der Waals surface area (Å²) in [7, 11) is 0. The van der Waals surface area contributed by atoms with Gasteiger partial charge in [-0.2, -0.15) is 0 Å². The maximum absolute atomic E-state index is 12.4. The maximum Gasteiger partial charge on any atom is 0.306 e. The van der Waals surface area contributed by atoms with E-state index in [1.807, 2.05) is 48.5 Å². The van der Waals surface area contributed by atoms with Gasteiger partial charge in [-0.25, -0.2) is 0 Å². The van der Waals surface area contributed by atoms with Gasteiger partial charge in [0, 0.05) is 17.5 Å². The summed E-state index contributed by atoms with van der Waals surface area (Å²) in [6.45, 7) is 2.22. The highest BCUT2D eigenvalue weighted by Crippen LogP contribution is 2.44. The van der Waals surface area contributed by atoms with Crippen LogP contribution in [0, 0.1) is 0 Å². The van der Waals surface area contributed by atoms with Gasteiger partial charge in [-0.1, -0.05) is 81.8 Å². The van der Waals surface area contributed by atoms with Crippen LogP contribution in [0.15, 0.2) is 48.5 Å². The fourth-order valence-electron chi connectivity index (χ4n) is 3.41. The molecule has 0 saturated carbocycles. The fraction of sp³-hybridized carbons (Fsp3) is 0.435. The van der Waals surface area contributed by atoms with E-state index in [2.05, 4.69) is 6.92 Å². The molecule has 1 aliphatic rings. The molecule has 3 heteroatoms. The van der Waals surface area contributed by atoms with Crippen LogP contribution in [0.4, 0.5) is 0 Å². The number of fused-ring (bicyclic) bond motifs is 2. The number of hydrogen-bond acceptors (Lipinski definition) is 3. The van der Waals surface area contributed by atoms with Crippen molar-refractivity contribution in [2.75, 3.05) is 0 Å². The number of carbonyl (C=O) groups is 1. The Labute approximate surface area is 156 Å². The first-order chi connectivity index (χ1) is 12.8. The van der Waals surface area contributed by atoms with Crippen LogP contribution < -0.4 is 4.74 Å². The molecule has 1 heterocycles. The van der Waals surface area contributed by atoms with Crippen molar-refractivity contribution in [3.8, 4) is 11.5 Å². The molecule has 1 aliphatic heterocycles. The van der Waals surface area contributed by atoms with E-state index < -0.39 is 0 Å². The number of hydrogen-bond donors (Lipinski definition) is 0. The minimum atomic E-state index is -0.381. The molecule has 0 aliphatic carbocycles. The largest absolute Gasteiger partial charge is 0.456 e. The number of ether oxygens (including phenoxy) is 2. The third-order valence-corrected chi connectivity index (χ3v) is 4.86. The van der Waals surface area contributed by atoms with Gasteiger partial charge in [0.1, 0.15) is 11.5 Å². The molecular formula is C23H28O3. The molecule has 2 aromatic rings. The average molecular weight is 352 g/mol. The molecule has 138 valence electrons. The summed E-state index contributed by atoms with van der Waals surface area (Å²) in [6, 6.07) is 15.5. The Hall–Kier alpha value is -2.29. The lowest BCUT2D eigenvalue weighted by atomic mass is 9.97. The number of rotatable bonds is 9. The first-order valence-corrected chi connectivity index (χ1v) is 9.84. The van der Waals surface area contributed by atoms with E-state index in [1.54, 1.807) is 0 Å². The number of unbranched alkanes of at least 4 members (excludes halogenated alkanes) is 6. The van der Waals surface area contributed by atoms with Crippen molar-refractivity contribution in [2.45, 2.75) is 64.4 Å². The van der Waals surface area contributed by atoms with Gasteiger partial charge >= 0.3 is 5.97 Å². The van der Waals surface area contributed by atoms with Crippen LogP contribution in [0.5, 0.6) is 11.5 Å². The van der Waals surface area contributed by atoms with Crippen molar-refractivity contribution in [1.82, 2.24) is 0 Å². The van der Waals surface area contributed by atoms with Crippen molar-refractivity contribution in [1.29, 1.82) is 0 Å². The Morgan fingerprint density at radius 2 is 1.38 bits per heavy atom. The second-order valence-electron chi connectivity index (χ2n) is 6.92. The second-order valence-corrected chi connectivity index (χ2v) is 6.92. The summed E-state index contributed by atoms with van der Waals surface area (Å²) in [5.41, 5.74) is 1.83. The van der Waals surface area contributed by atoms with Gasteiger partial charge in [0.05, 0.1) is 0 Å². The van der Waals surface area contributed by atoms with Crippen LogP contribution in [-0.2, 0) is 9.53 Å². The van der Waals surface area contributed by atoms with Gasteiger partial charge in [-0.3, -0.25) is 4.79 Å². The Balaban J connectivity index is 1.57. The topological polar surface area (TPSA) is 35.5 Å². The second kappa shape index (κ2) is 9.42. The van der Waals surface area contributed by atoms with Crippen LogP contribution in [0.2, 0.25) is 0 Å². The lowest BCUT2D eigenvalue weighted by molar-refractivity contribution is -0.147. The SMILES string of the molecule is CCCCCCCCCC(=O)OC1c2ccccc2Oc2ccccc21. The van der Waals surface area contributed by atoms with Crippen molar-refractivity contribution < 1.29 is 14.3 Å². The first kappa shape index (κ1) is 18.5. The highest BCUT2D eigenvalue weighted by atomic mass is 16.5. The highest BCUT2D eigenvalue weighted by Gasteiger charge is 2.29.